The summed E-state index contributed by atoms with van der Waals surface area (Å²) in [5, 5.41) is 7.68. The molecule has 0 aliphatic heterocycles. The lowest BCUT2D eigenvalue weighted by atomic mass is 10.2. The van der Waals surface area contributed by atoms with Crippen LogP contribution < -0.4 is 10.1 Å². The first-order valence-electron chi connectivity index (χ1n) is 6.77. The van der Waals surface area contributed by atoms with Crippen LogP contribution in [-0.2, 0) is 13.6 Å². The molecule has 0 aliphatic rings. The molecule has 0 saturated carbocycles. The molecule has 0 saturated heterocycles. The maximum Gasteiger partial charge on any atom is 0.222 e. The van der Waals surface area contributed by atoms with Crippen molar-refractivity contribution in [1.29, 1.82) is 0 Å². The number of rotatable bonds is 5. The molecule has 0 spiro atoms. The number of halogens is 2. The van der Waals surface area contributed by atoms with Crippen LogP contribution in [0.5, 0.6) is 11.6 Å². The van der Waals surface area contributed by atoms with Gasteiger partial charge in [0.1, 0.15) is 0 Å². The molecule has 21 heavy (non-hydrogen) atoms. The Labute approximate surface area is 132 Å². The monoisotopic (exact) mass is 355 g/mol. The molecule has 114 valence electrons. The highest BCUT2D eigenvalue weighted by Gasteiger charge is 2.17. The summed E-state index contributed by atoms with van der Waals surface area (Å²) in [6, 6.07) is 5.07. The minimum atomic E-state index is -0.411. The third kappa shape index (κ3) is 3.83. The van der Waals surface area contributed by atoms with Crippen molar-refractivity contribution in [2.75, 3.05) is 0 Å². The number of aryl methyl sites for hydroxylation is 2. The van der Waals surface area contributed by atoms with E-state index < -0.39 is 5.82 Å². The summed E-state index contributed by atoms with van der Waals surface area (Å²) in [5.74, 6) is 0.333. The topological polar surface area (TPSA) is 39.1 Å². The minimum Gasteiger partial charge on any atom is -0.436 e. The predicted octanol–water partition coefficient (Wildman–Crippen LogP) is 3.92. The fourth-order valence-corrected chi connectivity index (χ4v) is 2.31. The fourth-order valence-electron chi connectivity index (χ4n) is 1.98. The van der Waals surface area contributed by atoms with Gasteiger partial charge < -0.3 is 10.1 Å². The van der Waals surface area contributed by atoms with E-state index in [1.807, 2.05) is 6.92 Å². The number of ether oxygens (including phenoxy) is 1. The molecule has 4 nitrogen and oxygen atoms in total. The number of aromatic nitrogens is 2. The minimum absolute atomic E-state index is 0.187. The number of nitrogens with zero attached hydrogens (tertiary/aromatic N) is 2. The Hall–Kier alpha value is -1.40. The summed E-state index contributed by atoms with van der Waals surface area (Å²) in [5.41, 5.74) is 1.81. The van der Waals surface area contributed by atoms with Gasteiger partial charge in [0, 0.05) is 24.1 Å². The van der Waals surface area contributed by atoms with Gasteiger partial charge in [-0.15, -0.1) is 0 Å². The molecule has 1 N–H and O–H groups in total. The van der Waals surface area contributed by atoms with Gasteiger partial charge in [0.2, 0.25) is 5.88 Å². The summed E-state index contributed by atoms with van der Waals surface area (Å²) in [4.78, 5) is 0. The van der Waals surface area contributed by atoms with Crippen LogP contribution in [0.1, 0.15) is 25.1 Å². The van der Waals surface area contributed by atoms with Crippen LogP contribution in [0.2, 0.25) is 0 Å². The van der Waals surface area contributed by atoms with Crippen molar-refractivity contribution in [3.05, 3.63) is 39.7 Å². The third-order valence-corrected chi connectivity index (χ3v) is 3.57. The highest BCUT2D eigenvalue weighted by Crippen LogP contribution is 2.30. The lowest BCUT2D eigenvalue weighted by molar-refractivity contribution is 0.397. The van der Waals surface area contributed by atoms with E-state index in [-0.39, 0.29) is 5.75 Å². The lowest BCUT2D eigenvalue weighted by Gasteiger charge is -2.12. The largest absolute Gasteiger partial charge is 0.436 e. The van der Waals surface area contributed by atoms with Gasteiger partial charge in [-0.25, -0.2) is 9.07 Å². The van der Waals surface area contributed by atoms with Gasteiger partial charge >= 0.3 is 0 Å². The maximum absolute atomic E-state index is 13.9. The lowest BCUT2D eigenvalue weighted by Crippen LogP contribution is -2.22. The average molecular weight is 356 g/mol. The van der Waals surface area contributed by atoms with Gasteiger partial charge in [-0.05, 0) is 25.1 Å². The van der Waals surface area contributed by atoms with Gasteiger partial charge in [0.25, 0.3) is 0 Å². The Morgan fingerprint density at radius 3 is 2.76 bits per heavy atom. The Bertz CT molecular complexity index is 640. The second kappa shape index (κ2) is 6.58. The first-order valence-corrected chi connectivity index (χ1v) is 7.56. The van der Waals surface area contributed by atoms with Crippen LogP contribution in [0.25, 0.3) is 0 Å². The molecule has 0 atom stereocenters. The van der Waals surface area contributed by atoms with Gasteiger partial charge in [0.05, 0.1) is 11.3 Å². The molecule has 0 radical (unpaired) electrons. The summed E-state index contributed by atoms with van der Waals surface area (Å²) in [6.07, 6.45) is 0. The Morgan fingerprint density at radius 1 is 1.43 bits per heavy atom. The number of nitrogens with one attached hydrogen (secondary N) is 1. The molecule has 1 aromatic heterocycles. The van der Waals surface area contributed by atoms with E-state index in [1.165, 1.54) is 6.07 Å². The predicted molar refractivity (Wildman–Crippen MR) is 84.1 cm³/mol. The quantitative estimate of drug-likeness (QED) is 0.883. The van der Waals surface area contributed by atoms with E-state index in [1.54, 1.807) is 23.9 Å². The molecule has 0 unspecified atom stereocenters. The molecule has 0 fully saturated rings. The SMILES string of the molecule is Cc1nn(C)c(Oc2ccc(Br)cc2F)c1CNC(C)C. The Balaban J connectivity index is 2.30. The van der Waals surface area contributed by atoms with Crippen molar-refractivity contribution in [2.24, 2.45) is 7.05 Å². The zero-order valence-electron chi connectivity index (χ0n) is 12.6. The van der Waals surface area contributed by atoms with Crippen molar-refractivity contribution in [3.63, 3.8) is 0 Å². The second-order valence-corrected chi connectivity index (χ2v) is 6.12. The molecule has 0 aliphatic carbocycles. The first kappa shape index (κ1) is 16.0. The average Bonchev–Trinajstić information content (AvgIpc) is 2.65. The van der Waals surface area contributed by atoms with Gasteiger partial charge in [-0.1, -0.05) is 29.8 Å². The molecule has 6 heteroatoms. The molecule has 1 heterocycles. The molecular weight excluding hydrogens is 337 g/mol. The third-order valence-electron chi connectivity index (χ3n) is 3.08. The molecule has 1 aromatic carbocycles. The number of hydrogen-bond donors (Lipinski definition) is 1. The Morgan fingerprint density at radius 2 is 2.14 bits per heavy atom. The smallest absolute Gasteiger partial charge is 0.222 e. The van der Waals surface area contributed by atoms with Crippen LogP contribution in [0, 0.1) is 12.7 Å². The summed E-state index contributed by atoms with van der Waals surface area (Å²) >= 11 is 3.23. The van der Waals surface area contributed by atoms with Crippen molar-refractivity contribution in [2.45, 2.75) is 33.4 Å². The second-order valence-electron chi connectivity index (χ2n) is 5.21. The van der Waals surface area contributed by atoms with Crippen molar-refractivity contribution in [3.8, 4) is 11.6 Å². The van der Waals surface area contributed by atoms with Crippen LogP contribution in [0.4, 0.5) is 4.39 Å². The van der Waals surface area contributed by atoms with E-state index in [4.69, 9.17) is 4.74 Å². The van der Waals surface area contributed by atoms with E-state index in [0.29, 0.717) is 22.9 Å². The van der Waals surface area contributed by atoms with Crippen LogP contribution in [0.3, 0.4) is 0 Å². The molecule has 0 bridgehead atoms. The summed E-state index contributed by atoms with van der Waals surface area (Å²) in [7, 11) is 1.79. The highest BCUT2D eigenvalue weighted by atomic mass is 79.9. The van der Waals surface area contributed by atoms with E-state index in [0.717, 1.165) is 11.3 Å². The van der Waals surface area contributed by atoms with Crippen molar-refractivity contribution >= 4 is 15.9 Å². The van der Waals surface area contributed by atoms with Gasteiger partial charge in [0.15, 0.2) is 11.6 Å². The first-order chi connectivity index (χ1) is 9.88. The van der Waals surface area contributed by atoms with Gasteiger partial charge in [-0.3, -0.25) is 0 Å². The fraction of sp³-hybridized carbons (Fsp3) is 0.400. The molecule has 0 amide bonds. The number of hydrogen-bond acceptors (Lipinski definition) is 3. The van der Waals surface area contributed by atoms with Crippen LogP contribution in [-0.4, -0.2) is 15.8 Å². The normalized spacial score (nSPS) is 11.2. The Kier molecular flexibility index (Phi) is 5.00. The van der Waals surface area contributed by atoms with Crippen LogP contribution in [0.15, 0.2) is 22.7 Å². The summed E-state index contributed by atoms with van der Waals surface area (Å²) in [6.45, 7) is 6.69. The number of benzene rings is 1. The van der Waals surface area contributed by atoms with Crippen molar-refractivity contribution < 1.29 is 9.13 Å². The molecule has 2 aromatic rings. The van der Waals surface area contributed by atoms with E-state index in [9.17, 15) is 4.39 Å². The molecular formula is C15H19BrFN3O. The van der Waals surface area contributed by atoms with Gasteiger partial charge in [-0.2, -0.15) is 5.10 Å². The van der Waals surface area contributed by atoms with E-state index in [2.05, 4.69) is 40.2 Å². The highest BCUT2D eigenvalue weighted by molar-refractivity contribution is 9.10. The summed E-state index contributed by atoms with van der Waals surface area (Å²) < 4.78 is 22.0. The zero-order valence-corrected chi connectivity index (χ0v) is 14.2. The molecule has 2 rings (SSSR count). The van der Waals surface area contributed by atoms with Crippen LogP contribution >= 0.6 is 15.9 Å². The maximum atomic E-state index is 13.9. The zero-order chi connectivity index (χ0) is 15.6. The van der Waals surface area contributed by atoms with Crippen molar-refractivity contribution in [1.82, 2.24) is 15.1 Å². The standard InChI is InChI=1S/C15H19BrFN3O/c1-9(2)18-8-12-10(3)19-20(4)15(12)21-14-6-5-11(16)7-13(14)17/h5-7,9,18H,8H2,1-4H3. The van der Waals surface area contributed by atoms with E-state index >= 15 is 0 Å².